The summed E-state index contributed by atoms with van der Waals surface area (Å²) < 4.78 is 5.35. The van der Waals surface area contributed by atoms with E-state index in [1.807, 2.05) is 0 Å². The van der Waals surface area contributed by atoms with Crippen LogP contribution in [0.15, 0.2) is 0 Å². The number of nitrogens with one attached hydrogen (secondary N) is 1. The lowest BCUT2D eigenvalue weighted by atomic mass is 9.74. The highest BCUT2D eigenvalue weighted by molar-refractivity contribution is 5.75. The average Bonchev–Trinajstić information content (AvgIpc) is 2.60. The monoisotopic (exact) mass is 195 g/mol. The Morgan fingerprint density at radius 1 is 1.43 bits per heavy atom. The van der Waals surface area contributed by atoms with Crippen LogP contribution in [-0.4, -0.2) is 25.2 Å². The zero-order valence-corrected chi connectivity index (χ0v) is 8.37. The van der Waals surface area contributed by atoms with Gasteiger partial charge < -0.3 is 10.1 Å². The fourth-order valence-electron chi connectivity index (χ4n) is 2.79. The molecule has 2 heterocycles. The Hall–Kier alpha value is -0.570. The topological polar surface area (TPSA) is 38.3 Å². The van der Waals surface area contributed by atoms with Gasteiger partial charge in [0, 0.05) is 6.04 Å². The van der Waals surface area contributed by atoms with E-state index in [1.54, 1.807) is 0 Å². The Kier molecular flexibility index (Phi) is 2.01. The van der Waals surface area contributed by atoms with Gasteiger partial charge in [0.15, 0.2) is 0 Å². The number of rotatable bonds is 3. The molecule has 2 bridgehead atoms. The predicted octanol–water partition coefficient (Wildman–Crippen LogP) is 0.938. The molecule has 0 spiro atoms. The van der Waals surface area contributed by atoms with E-state index in [1.165, 1.54) is 25.7 Å². The number of ether oxygens (including phenoxy) is 1. The van der Waals surface area contributed by atoms with E-state index in [9.17, 15) is 4.79 Å². The third-order valence-electron chi connectivity index (χ3n) is 4.10. The van der Waals surface area contributed by atoms with Crippen LogP contribution in [0.5, 0.6) is 0 Å². The van der Waals surface area contributed by atoms with E-state index >= 15 is 0 Å². The van der Waals surface area contributed by atoms with Crippen molar-refractivity contribution in [1.82, 2.24) is 5.32 Å². The number of carbonyl (C=O) groups excluding carboxylic acids is 1. The number of fused-ring (bicyclic) bond motifs is 1. The maximum atomic E-state index is 11.7. The van der Waals surface area contributed by atoms with Crippen molar-refractivity contribution in [3.05, 3.63) is 0 Å². The highest BCUT2D eigenvalue weighted by Crippen LogP contribution is 2.41. The van der Waals surface area contributed by atoms with Crippen molar-refractivity contribution in [2.75, 3.05) is 13.2 Å². The van der Waals surface area contributed by atoms with Crippen molar-refractivity contribution in [2.45, 2.75) is 31.7 Å². The second-order valence-electron chi connectivity index (χ2n) is 4.96. The van der Waals surface area contributed by atoms with Crippen LogP contribution in [0.3, 0.4) is 0 Å². The molecule has 14 heavy (non-hydrogen) atoms. The van der Waals surface area contributed by atoms with Crippen LogP contribution >= 0.6 is 0 Å². The van der Waals surface area contributed by atoms with Crippen molar-refractivity contribution in [3.8, 4) is 0 Å². The first-order valence-corrected chi connectivity index (χ1v) is 5.74. The number of hydrogen-bond donors (Lipinski definition) is 1. The first-order chi connectivity index (χ1) is 6.84. The van der Waals surface area contributed by atoms with E-state index in [2.05, 4.69) is 5.32 Å². The van der Waals surface area contributed by atoms with Crippen molar-refractivity contribution in [1.29, 1.82) is 0 Å². The van der Waals surface area contributed by atoms with Crippen molar-refractivity contribution in [3.63, 3.8) is 0 Å². The van der Waals surface area contributed by atoms with Crippen molar-refractivity contribution in [2.24, 2.45) is 17.8 Å². The van der Waals surface area contributed by atoms with Crippen LogP contribution in [-0.2, 0) is 9.53 Å². The maximum absolute atomic E-state index is 11.7. The summed E-state index contributed by atoms with van der Waals surface area (Å²) in [7, 11) is 0. The third-order valence-corrected chi connectivity index (χ3v) is 4.10. The molecule has 2 saturated carbocycles. The maximum Gasteiger partial charge on any atom is 0.310 e. The SMILES string of the molecule is O=C(OCC1CCC1)C1C2CNC1C2. The Bertz CT molecular complexity index is 236. The molecule has 0 amide bonds. The molecule has 0 aromatic rings. The summed E-state index contributed by atoms with van der Waals surface area (Å²) >= 11 is 0. The fourth-order valence-corrected chi connectivity index (χ4v) is 2.79. The zero-order chi connectivity index (χ0) is 9.54. The highest BCUT2D eigenvalue weighted by atomic mass is 16.5. The molecule has 0 aromatic carbocycles. The lowest BCUT2D eigenvalue weighted by Gasteiger charge is -2.33. The van der Waals surface area contributed by atoms with Crippen LogP contribution in [0.1, 0.15) is 25.7 Å². The standard InChI is InChI=1S/C11H17NO2/c13-11(14-6-7-2-1-3-7)10-8-4-9(10)12-5-8/h7-10,12H,1-6H2. The van der Waals surface area contributed by atoms with Gasteiger partial charge >= 0.3 is 5.97 Å². The van der Waals surface area contributed by atoms with Gasteiger partial charge in [0.05, 0.1) is 12.5 Å². The molecular formula is C11H17NO2. The molecule has 2 aliphatic heterocycles. The molecule has 3 heteroatoms. The summed E-state index contributed by atoms with van der Waals surface area (Å²) in [6, 6.07) is 0.439. The molecule has 4 fully saturated rings. The minimum absolute atomic E-state index is 0.0585. The van der Waals surface area contributed by atoms with Gasteiger partial charge in [-0.3, -0.25) is 4.79 Å². The molecule has 3 unspecified atom stereocenters. The summed E-state index contributed by atoms with van der Waals surface area (Å²) in [6.45, 7) is 1.70. The molecule has 2 aliphatic carbocycles. The van der Waals surface area contributed by atoms with Crippen molar-refractivity contribution < 1.29 is 9.53 Å². The van der Waals surface area contributed by atoms with Gasteiger partial charge in [0.25, 0.3) is 0 Å². The van der Waals surface area contributed by atoms with Gasteiger partial charge in [0.1, 0.15) is 0 Å². The molecule has 2 saturated heterocycles. The summed E-state index contributed by atoms with van der Waals surface area (Å²) in [4.78, 5) is 11.7. The van der Waals surface area contributed by atoms with E-state index in [4.69, 9.17) is 4.74 Å². The van der Waals surface area contributed by atoms with E-state index in [0.717, 1.165) is 6.54 Å². The number of esters is 1. The molecule has 1 N–H and O–H groups in total. The summed E-state index contributed by atoms with van der Waals surface area (Å²) in [5.41, 5.74) is 0. The van der Waals surface area contributed by atoms with Gasteiger partial charge in [0.2, 0.25) is 0 Å². The zero-order valence-electron chi connectivity index (χ0n) is 8.37. The van der Waals surface area contributed by atoms with Crippen LogP contribution in [0.2, 0.25) is 0 Å². The van der Waals surface area contributed by atoms with Gasteiger partial charge in [-0.25, -0.2) is 0 Å². The third kappa shape index (κ3) is 1.26. The second-order valence-corrected chi connectivity index (χ2v) is 4.96. The molecule has 0 radical (unpaired) electrons. The Morgan fingerprint density at radius 2 is 2.29 bits per heavy atom. The molecule has 4 aliphatic rings. The number of hydrogen-bond acceptors (Lipinski definition) is 3. The average molecular weight is 195 g/mol. The predicted molar refractivity (Wildman–Crippen MR) is 51.7 cm³/mol. The van der Waals surface area contributed by atoms with Gasteiger partial charge in [-0.1, -0.05) is 6.42 Å². The van der Waals surface area contributed by atoms with Crippen molar-refractivity contribution >= 4 is 5.97 Å². The molecule has 3 nitrogen and oxygen atoms in total. The molecule has 0 aromatic heterocycles. The largest absolute Gasteiger partial charge is 0.465 e. The molecule has 4 rings (SSSR count). The fraction of sp³-hybridized carbons (Fsp3) is 0.909. The number of carbonyl (C=O) groups is 1. The van der Waals surface area contributed by atoms with E-state index < -0.39 is 0 Å². The van der Waals surface area contributed by atoms with E-state index in [0.29, 0.717) is 24.5 Å². The Morgan fingerprint density at radius 3 is 2.79 bits per heavy atom. The minimum atomic E-state index is 0.0585. The van der Waals surface area contributed by atoms with Crippen LogP contribution in [0.4, 0.5) is 0 Å². The lowest BCUT2D eigenvalue weighted by molar-refractivity contribution is -0.155. The molecular weight excluding hydrogens is 178 g/mol. The quantitative estimate of drug-likeness (QED) is 0.681. The molecule has 78 valence electrons. The first-order valence-electron chi connectivity index (χ1n) is 5.74. The lowest BCUT2D eigenvalue weighted by Crippen LogP contribution is -2.43. The first kappa shape index (κ1) is 8.72. The second kappa shape index (κ2) is 3.23. The summed E-state index contributed by atoms with van der Waals surface area (Å²) in [5.74, 6) is 1.50. The minimum Gasteiger partial charge on any atom is -0.465 e. The molecule has 3 atom stereocenters. The summed E-state index contributed by atoms with van der Waals surface area (Å²) in [6.07, 6.45) is 5.01. The van der Waals surface area contributed by atoms with Crippen LogP contribution in [0, 0.1) is 17.8 Å². The van der Waals surface area contributed by atoms with E-state index in [-0.39, 0.29) is 11.9 Å². The smallest absolute Gasteiger partial charge is 0.310 e. The highest BCUT2D eigenvalue weighted by Gasteiger charge is 2.51. The Labute approximate surface area is 84.2 Å². The van der Waals surface area contributed by atoms with Gasteiger partial charge in [-0.15, -0.1) is 0 Å². The van der Waals surface area contributed by atoms with Gasteiger partial charge in [-0.2, -0.15) is 0 Å². The van der Waals surface area contributed by atoms with Crippen LogP contribution in [0.25, 0.3) is 0 Å². The van der Waals surface area contributed by atoms with Gasteiger partial charge in [-0.05, 0) is 37.6 Å². The van der Waals surface area contributed by atoms with Crippen LogP contribution < -0.4 is 5.32 Å². The summed E-state index contributed by atoms with van der Waals surface area (Å²) in [5, 5.41) is 3.34. The normalized spacial score (nSPS) is 40.1. The Balaban J connectivity index is 1.46.